The van der Waals surface area contributed by atoms with E-state index in [0.29, 0.717) is 82.4 Å². The number of amides is 4. The Balaban J connectivity index is 0.753. The molecule has 70 heavy (non-hydrogen) atoms. The van der Waals surface area contributed by atoms with Crippen LogP contribution in [-0.2, 0) is 25.7 Å². The second-order valence-corrected chi connectivity index (χ2v) is 21.1. The number of nitrogens with one attached hydrogen (secondary N) is 2. The molecule has 3 atom stereocenters. The minimum absolute atomic E-state index is 0.00328. The number of ether oxygens (including phenoxy) is 2. The molecule has 0 bridgehead atoms. The molecule has 368 valence electrons. The van der Waals surface area contributed by atoms with E-state index in [2.05, 4.69) is 27.4 Å². The molecule has 0 aliphatic carbocycles. The molecule has 2 aliphatic heterocycles. The number of phenols is 1. The number of piperazine rings is 1. The molecular formula is C54H61FN6O7S2. The van der Waals surface area contributed by atoms with Gasteiger partial charge in [0.05, 0.1) is 21.0 Å². The van der Waals surface area contributed by atoms with E-state index < -0.39 is 17.5 Å². The Labute approximate surface area is 416 Å². The normalized spacial score (nSPS) is 16.8. The molecule has 2 fully saturated rings. The molecule has 4 aromatic carbocycles. The molecule has 1 unspecified atom stereocenters. The van der Waals surface area contributed by atoms with Crippen molar-refractivity contribution >= 4 is 56.4 Å². The molecule has 2 aromatic heterocycles. The van der Waals surface area contributed by atoms with E-state index in [1.54, 1.807) is 40.5 Å². The number of rotatable bonds is 17. The summed E-state index contributed by atoms with van der Waals surface area (Å²) in [6.45, 7) is 13.5. The number of aryl methyl sites for hydroxylation is 1. The summed E-state index contributed by atoms with van der Waals surface area (Å²) in [6, 6.07) is 25.5. The molecule has 2 aliphatic rings. The SMILES string of the molecule is Cc1ncsc1-c1ccc(CNC(=O)[C@@H]2CCCN2C(=O)C(NC(=O)CCCC(=O)N2CCN(CCOc3ccc(Oc4c(-c5ccc(F)cc5)sc5cc(O)ccc45)cc3)[C@@H](C)C2)C(C)(C)C)cc1. The summed E-state index contributed by atoms with van der Waals surface area (Å²) in [6.07, 6.45) is 1.92. The van der Waals surface area contributed by atoms with Gasteiger partial charge >= 0.3 is 0 Å². The van der Waals surface area contributed by atoms with Crippen LogP contribution in [0.4, 0.5) is 4.39 Å². The lowest BCUT2D eigenvalue weighted by Crippen LogP contribution is -2.57. The first-order chi connectivity index (χ1) is 33.6. The highest BCUT2D eigenvalue weighted by Gasteiger charge is 2.42. The van der Waals surface area contributed by atoms with Crippen molar-refractivity contribution in [2.45, 2.75) is 91.4 Å². The van der Waals surface area contributed by atoms with Gasteiger partial charge in [0.15, 0.2) is 5.75 Å². The molecule has 0 saturated carbocycles. The standard InChI is InChI=1S/C54H61FN6O7S2/c1-34-32-60(27-26-59(34)28-29-67-41-20-22-42(23-21-41)68-48-43-24-19-40(62)30-45(43)70-50(48)38-15-17-39(55)18-16-38)47(64)10-6-9-46(63)58-51(54(3,4)5)53(66)61-25-7-8-44(61)52(65)56-31-36-11-13-37(14-12-36)49-35(2)57-33-69-49/h11-24,30,33-34,44,51,62H,6-10,25-29,31-32H2,1-5H3,(H,56,65)(H,58,63)/t34-,44-,51?/m0/s1. The van der Waals surface area contributed by atoms with Crippen LogP contribution in [0.2, 0.25) is 0 Å². The van der Waals surface area contributed by atoms with Crippen LogP contribution in [0.25, 0.3) is 31.0 Å². The van der Waals surface area contributed by atoms with Crippen molar-refractivity contribution in [3.63, 3.8) is 0 Å². The van der Waals surface area contributed by atoms with E-state index in [-0.39, 0.29) is 54.1 Å². The quantitative estimate of drug-likeness (QED) is 0.0811. The van der Waals surface area contributed by atoms with Crippen LogP contribution in [-0.4, -0.2) is 106 Å². The topological polar surface area (TPSA) is 154 Å². The van der Waals surface area contributed by atoms with Crippen LogP contribution in [0, 0.1) is 18.2 Å². The summed E-state index contributed by atoms with van der Waals surface area (Å²) < 4.78 is 27.1. The third-order valence-electron chi connectivity index (χ3n) is 13.0. The van der Waals surface area contributed by atoms with Crippen molar-refractivity contribution in [1.82, 2.24) is 30.3 Å². The molecule has 2 saturated heterocycles. The van der Waals surface area contributed by atoms with Gasteiger partial charge in [0.1, 0.15) is 41.8 Å². The van der Waals surface area contributed by atoms with Crippen LogP contribution >= 0.6 is 22.7 Å². The number of carbonyl (C=O) groups is 4. The number of phenolic OH excluding ortho intramolecular Hbond substituents is 1. The fourth-order valence-corrected chi connectivity index (χ4v) is 11.1. The van der Waals surface area contributed by atoms with E-state index in [9.17, 15) is 28.7 Å². The molecule has 6 aromatic rings. The molecular weight excluding hydrogens is 928 g/mol. The maximum atomic E-state index is 14.1. The lowest BCUT2D eigenvalue weighted by molar-refractivity contribution is -0.144. The van der Waals surface area contributed by atoms with E-state index in [0.717, 1.165) is 42.2 Å². The highest BCUT2D eigenvalue weighted by Crippen LogP contribution is 2.47. The maximum absolute atomic E-state index is 14.1. The Morgan fingerprint density at radius 3 is 2.31 bits per heavy atom. The number of thiophene rings is 1. The first-order valence-electron chi connectivity index (χ1n) is 23.9. The number of fused-ring (bicyclic) bond motifs is 1. The summed E-state index contributed by atoms with van der Waals surface area (Å²) in [4.78, 5) is 66.3. The van der Waals surface area contributed by atoms with Crippen LogP contribution in [0.3, 0.4) is 0 Å². The zero-order valence-corrected chi connectivity index (χ0v) is 42.0. The Kier molecular flexibility index (Phi) is 15.8. The number of nitrogens with zero attached hydrogens (tertiary/aromatic N) is 4. The van der Waals surface area contributed by atoms with Gasteiger partial charge in [0.25, 0.3) is 0 Å². The van der Waals surface area contributed by atoms with E-state index in [4.69, 9.17) is 9.47 Å². The predicted molar refractivity (Wildman–Crippen MR) is 273 cm³/mol. The molecule has 0 radical (unpaired) electrons. The van der Waals surface area contributed by atoms with Crippen LogP contribution in [0.1, 0.15) is 71.1 Å². The molecule has 16 heteroatoms. The maximum Gasteiger partial charge on any atom is 0.246 e. The molecule has 8 rings (SSSR count). The van der Waals surface area contributed by atoms with Crippen molar-refractivity contribution in [3.8, 4) is 43.9 Å². The third kappa shape index (κ3) is 12.1. The van der Waals surface area contributed by atoms with Crippen LogP contribution in [0.5, 0.6) is 23.0 Å². The van der Waals surface area contributed by atoms with Gasteiger partial charge in [-0.25, -0.2) is 9.37 Å². The summed E-state index contributed by atoms with van der Waals surface area (Å²) in [5, 5.41) is 16.9. The number of hydrogen-bond donors (Lipinski definition) is 3. The summed E-state index contributed by atoms with van der Waals surface area (Å²) in [5.74, 6) is 0.970. The average molecular weight is 989 g/mol. The smallest absolute Gasteiger partial charge is 0.246 e. The Morgan fingerprint density at radius 2 is 1.61 bits per heavy atom. The van der Waals surface area contributed by atoms with Gasteiger partial charge in [0.2, 0.25) is 23.6 Å². The Hall–Kier alpha value is -6.36. The van der Waals surface area contributed by atoms with Crippen molar-refractivity contribution < 1.29 is 38.1 Å². The number of thiazole rings is 1. The van der Waals surface area contributed by atoms with E-state index in [1.165, 1.54) is 23.5 Å². The number of carbonyl (C=O) groups excluding carboxylic acids is 4. The third-order valence-corrected chi connectivity index (χ3v) is 15.2. The molecule has 4 heterocycles. The largest absolute Gasteiger partial charge is 0.508 e. The van der Waals surface area contributed by atoms with Gasteiger partial charge in [-0.2, -0.15) is 0 Å². The van der Waals surface area contributed by atoms with Gasteiger partial charge < -0.3 is 35.0 Å². The van der Waals surface area contributed by atoms with Gasteiger partial charge in [-0.3, -0.25) is 24.1 Å². The second kappa shape index (κ2) is 22.2. The first-order valence-corrected chi connectivity index (χ1v) is 25.6. The first kappa shape index (κ1) is 50.0. The number of aromatic hydroxyl groups is 1. The lowest BCUT2D eigenvalue weighted by atomic mass is 9.85. The van der Waals surface area contributed by atoms with Gasteiger partial charge in [-0.15, -0.1) is 22.7 Å². The van der Waals surface area contributed by atoms with Gasteiger partial charge in [0, 0.05) is 68.2 Å². The number of likely N-dealkylation sites (tertiary alicyclic amines) is 1. The fourth-order valence-electron chi connectivity index (χ4n) is 9.08. The van der Waals surface area contributed by atoms with Gasteiger partial charge in [-0.05, 0) is 110 Å². The van der Waals surface area contributed by atoms with Gasteiger partial charge in [-0.1, -0.05) is 57.2 Å². The van der Waals surface area contributed by atoms with Crippen molar-refractivity contribution in [2.24, 2.45) is 5.41 Å². The number of hydrogen-bond acceptors (Lipinski definition) is 11. The molecule has 13 nitrogen and oxygen atoms in total. The summed E-state index contributed by atoms with van der Waals surface area (Å²) in [5.41, 5.74) is 5.04. The van der Waals surface area contributed by atoms with Crippen molar-refractivity contribution in [1.29, 1.82) is 0 Å². The number of halogens is 1. The Bertz CT molecular complexity index is 2790. The highest BCUT2D eigenvalue weighted by atomic mass is 32.1. The highest BCUT2D eigenvalue weighted by molar-refractivity contribution is 7.22. The monoisotopic (exact) mass is 988 g/mol. The molecule has 3 N–H and O–H groups in total. The van der Waals surface area contributed by atoms with E-state index >= 15 is 0 Å². The van der Waals surface area contributed by atoms with Crippen LogP contribution < -0.4 is 20.1 Å². The predicted octanol–water partition coefficient (Wildman–Crippen LogP) is 9.56. The minimum Gasteiger partial charge on any atom is -0.508 e. The minimum atomic E-state index is -0.836. The molecule has 4 amide bonds. The molecule has 0 spiro atoms. The number of benzene rings is 4. The average Bonchev–Trinajstić information content (AvgIpc) is 4.10. The zero-order valence-electron chi connectivity index (χ0n) is 40.3. The lowest BCUT2D eigenvalue weighted by Gasteiger charge is -2.39. The van der Waals surface area contributed by atoms with Crippen molar-refractivity contribution in [3.05, 3.63) is 114 Å². The Morgan fingerprint density at radius 1 is 0.900 bits per heavy atom. The van der Waals surface area contributed by atoms with Crippen LogP contribution in [0.15, 0.2) is 96.5 Å². The van der Waals surface area contributed by atoms with Crippen molar-refractivity contribution in [2.75, 3.05) is 39.3 Å². The summed E-state index contributed by atoms with van der Waals surface area (Å²) >= 11 is 3.06. The zero-order chi connectivity index (χ0) is 49.5. The van der Waals surface area contributed by atoms with E-state index in [1.807, 2.05) is 92.7 Å². The summed E-state index contributed by atoms with van der Waals surface area (Å²) in [7, 11) is 0. The second-order valence-electron chi connectivity index (χ2n) is 19.2. The fraction of sp³-hybridized carbons (Fsp3) is 0.389. The number of aromatic nitrogens is 1.